The molecule has 4 amide bonds. The van der Waals surface area contributed by atoms with E-state index < -0.39 is 29.7 Å². The van der Waals surface area contributed by atoms with Crippen LogP contribution in [0.15, 0.2) is 0 Å². The fourth-order valence-electron chi connectivity index (χ4n) is 1.49. The fraction of sp³-hybridized carbons (Fsp3) is 0.667. The van der Waals surface area contributed by atoms with Crippen molar-refractivity contribution in [2.75, 3.05) is 7.05 Å². The molecule has 2 N–H and O–H groups in total. The number of hydrogen-bond donors (Lipinski definition) is 2. The lowest BCUT2D eigenvalue weighted by Gasteiger charge is -2.29. The third-order valence-corrected chi connectivity index (χ3v) is 2.45. The number of nitrogens with zero attached hydrogens (tertiary/aromatic N) is 1. The third kappa shape index (κ3) is 2.12. The van der Waals surface area contributed by atoms with E-state index in [0.717, 1.165) is 7.05 Å². The topological polar surface area (TPSA) is 78.5 Å². The average molecular weight is 267 g/mol. The minimum Gasteiger partial charge on any atom is -0.318 e. The summed E-state index contributed by atoms with van der Waals surface area (Å²) < 4.78 is 38.8. The molecule has 0 bridgehead atoms. The number of rotatable bonds is 3. The van der Waals surface area contributed by atoms with Gasteiger partial charge in [0.15, 0.2) is 0 Å². The highest BCUT2D eigenvalue weighted by molar-refractivity contribution is 6.08. The van der Waals surface area contributed by atoms with Crippen LogP contribution in [-0.4, -0.2) is 41.6 Å². The van der Waals surface area contributed by atoms with Gasteiger partial charge in [-0.2, -0.15) is 13.2 Å². The van der Waals surface area contributed by atoms with Crippen LogP contribution in [0, 0.1) is 0 Å². The number of halogens is 3. The molecule has 1 heterocycles. The van der Waals surface area contributed by atoms with Gasteiger partial charge in [-0.05, 0) is 6.42 Å². The number of urea groups is 1. The summed E-state index contributed by atoms with van der Waals surface area (Å²) in [4.78, 5) is 34.2. The van der Waals surface area contributed by atoms with E-state index in [9.17, 15) is 27.6 Å². The van der Waals surface area contributed by atoms with Gasteiger partial charge in [-0.3, -0.25) is 19.8 Å². The molecule has 0 saturated carbocycles. The molecule has 0 aromatic carbocycles. The molecule has 0 aliphatic carbocycles. The fourth-order valence-corrected chi connectivity index (χ4v) is 1.49. The Morgan fingerprint density at radius 1 is 1.44 bits per heavy atom. The van der Waals surface area contributed by atoms with E-state index in [4.69, 9.17) is 0 Å². The number of imide groups is 1. The minimum absolute atomic E-state index is 0.176. The third-order valence-electron chi connectivity index (χ3n) is 2.45. The molecular weight excluding hydrogens is 255 g/mol. The maximum atomic E-state index is 12.9. The Kier molecular flexibility index (Phi) is 3.54. The van der Waals surface area contributed by atoms with Gasteiger partial charge in [0.1, 0.15) is 0 Å². The van der Waals surface area contributed by atoms with Crippen molar-refractivity contribution in [2.45, 2.75) is 31.6 Å². The number of carbonyl (C=O) groups is 3. The second-order valence-electron chi connectivity index (χ2n) is 3.84. The van der Waals surface area contributed by atoms with E-state index in [2.05, 4.69) is 0 Å². The number of nitrogens with one attached hydrogen (secondary N) is 2. The molecule has 0 spiro atoms. The Morgan fingerprint density at radius 3 is 2.33 bits per heavy atom. The van der Waals surface area contributed by atoms with Crippen LogP contribution in [0.2, 0.25) is 0 Å². The summed E-state index contributed by atoms with van der Waals surface area (Å²) in [5.41, 5.74) is -3.36. The molecule has 9 heteroatoms. The average Bonchev–Trinajstić information content (AvgIpc) is 2.43. The maximum Gasteiger partial charge on any atom is 0.440 e. The van der Waals surface area contributed by atoms with Gasteiger partial charge in [0.2, 0.25) is 5.91 Å². The molecule has 1 aliphatic rings. The van der Waals surface area contributed by atoms with Crippen molar-refractivity contribution < 1.29 is 27.6 Å². The van der Waals surface area contributed by atoms with E-state index in [0.29, 0.717) is 6.42 Å². The molecule has 0 aromatic rings. The summed E-state index contributed by atoms with van der Waals surface area (Å²) in [5, 5.41) is 3.03. The summed E-state index contributed by atoms with van der Waals surface area (Å²) >= 11 is 0. The monoisotopic (exact) mass is 267 g/mol. The maximum absolute atomic E-state index is 12.9. The van der Waals surface area contributed by atoms with Gasteiger partial charge in [0, 0.05) is 13.5 Å². The van der Waals surface area contributed by atoms with Gasteiger partial charge in [-0.25, -0.2) is 4.79 Å². The van der Waals surface area contributed by atoms with Gasteiger partial charge in [-0.1, -0.05) is 6.92 Å². The predicted molar refractivity (Wildman–Crippen MR) is 53.1 cm³/mol. The van der Waals surface area contributed by atoms with E-state index in [1.54, 1.807) is 12.2 Å². The molecule has 1 rings (SSSR count). The second kappa shape index (κ2) is 4.46. The SMILES string of the molecule is CCCC(=O)N[C@@]1(C(F)(F)F)NC(=O)N(C)C1=O. The quantitative estimate of drug-likeness (QED) is 0.724. The Labute approximate surface area is 100 Å². The van der Waals surface area contributed by atoms with Gasteiger partial charge in [0.05, 0.1) is 0 Å². The van der Waals surface area contributed by atoms with Crippen LogP contribution in [-0.2, 0) is 9.59 Å². The summed E-state index contributed by atoms with van der Waals surface area (Å²) in [6.45, 7) is 1.60. The molecule has 1 fully saturated rings. The van der Waals surface area contributed by atoms with Crippen LogP contribution in [0.25, 0.3) is 0 Å². The summed E-state index contributed by atoms with van der Waals surface area (Å²) in [7, 11) is 0.900. The van der Waals surface area contributed by atoms with Gasteiger partial charge in [-0.15, -0.1) is 0 Å². The lowest BCUT2D eigenvalue weighted by Crippen LogP contribution is -2.69. The van der Waals surface area contributed by atoms with Crippen LogP contribution >= 0.6 is 0 Å². The first kappa shape index (κ1) is 14.3. The number of carbonyl (C=O) groups excluding carboxylic acids is 3. The van der Waals surface area contributed by atoms with E-state index in [1.165, 1.54) is 5.32 Å². The van der Waals surface area contributed by atoms with Crippen LogP contribution < -0.4 is 10.6 Å². The van der Waals surface area contributed by atoms with Gasteiger partial charge in [0.25, 0.3) is 11.6 Å². The molecular formula is C9H12F3N3O3. The molecule has 1 atom stereocenters. The molecule has 6 nitrogen and oxygen atoms in total. The van der Waals surface area contributed by atoms with E-state index >= 15 is 0 Å². The highest BCUT2D eigenvalue weighted by Crippen LogP contribution is 2.33. The van der Waals surface area contributed by atoms with Crippen LogP contribution in [0.4, 0.5) is 18.0 Å². The van der Waals surface area contributed by atoms with Crippen LogP contribution in [0.5, 0.6) is 0 Å². The van der Waals surface area contributed by atoms with Crippen LogP contribution in [0.1, 0.15) is 19.8 Å². The number of hydrogen-bond acceptors (Lipinski definition) is 3. The Morgan fingerprint density at radius 2 is 2.00 bits per heavy atom. The van der Waals surface area contributed by atoms with Gasteiger partial charge >= 0.3 is 12.2 Å². The summed E-state index contributed by atoms with van der Waals surface area (Å²) in [6.07, 6.45) is -4.98. The van der Waals surface area contributed by atoms with Crippen molar-refractivity contribution >= 4 is 17.8 Å². The Balaban J connectivity index is 3.10. The van der Waals surface area contributed by atoms with E-state index in [1.807, 2.05) is 0 Å². The normalized spacial score (nSPS) is 24.2. The van der Waals surface area contributed by atoms with Crippen molar-refractivity contribution in [3.8, 4) is 0 Å². The Hall–Kier alpha value is -1.80. The number of alkyl halides is 3. The Bertz CT molecular complexity index is 396. The van der Waals surface area contributed by atoms with E-state index in [-0.39, 0.29) is 11.3 Å². The first-order chi connectivity index (χ1) is 8.15. The lowest BCUT2D eigenvalue weighted by molar-refractivity contribution is -0.203. The minimum atomic E-state index is -5.12. The van der Waals surface area contributed by atoms with Crippen molar-refractivity contribution in [3.63, 3.8) is 0 Å². The van der Waals surface area contributed by atoms with Crippen molar-refractivity contribution in [2.24, 2.45) is 0 Å². The van der Waals surface area contributed by atoms with Crippen LogP contribution in [0.3, 0.4) is 0 Å². The molecule has 102 valence electrons. The lowest BCUT2D eigenvalue weighted by atomic mass is 10.1. The highest BCUT2D eigenvalue weighted by Gasteiger charge is 2.68. The standard InChI is InChI=1S/C9H12F3N3O3/c1-3-4-5(16)13-8(9(10,11)12)6(17)15(2)7(18)14-8/h3-4H2,1-2H3,(H,13,16)(H,14,18)/t8-/m1/s1. The second-order valence-corrected chi connectivity index (χ2v) is 3.84. The predicted octanol–water partition coefficient (Wildman–Crippen LogP) is 0.343. The number of amides is 4. The first-order valence-corrected chi connectivity index (χ1v) is 5.13. The highest BCUT2D eigenvalue weighted by atomic mass is 19.4. The zero-order chi connectivity index (χ0) is 14.1. The molecule has 0 aromatic heterocycles. The first-order valence-electron chi connectivity index (χ1n) is 5.13. The largest absolute Gasteiger partial charge is 0.440 e. The van der Waals surface area contributed by atoms with Crippen molar-refractivity contribution in [1.82, 2.24) is 15.5 Å². The van der Waals surface area contributed by atoms with Crippen molar-refractivity contribution in [1.29, 1.82) is 0 Å². The molecule has 18 heavy (non-hydrogen) atoms. The molecule has 0 radical (unpaired) electrons. The molecule has 0 unspecified atom stereocenters. The zero-order valence-electron chi connectivity index (χ0n) is 9.72. The van der Waals surface area contributed by atoms with Gasteiger partial charge < -0.3 is 5.32 Å². The number of likely N-dealkylation sites (N-methyl/N-ethyl adjacent to an activating group) is 1. The smallest absolute Gasteiger partial charge is 0.318 e. The van der Waals surface area contributed by atoms with Crippen molar-refractivity contribution in [3.05, 3.63) is 0 Å². The zero-order valence-corrected chi connectivity index (χ0v) is 9.72. The molecule has 1 aliphatic heterocycles. The summed E-state index contributed by atoms with van der Waals surface area (Å²) in [6, 6.07) is -1.21. The summed E-state index contributed by atoms with van der Waals surface area (Å²) in [5.74, 6) is -2.51. The molecule has 1 saturated heterocycles.